The highest BCUT2D eigenvalue weighted by molar-refractivity contribution is 5.97. The normalized spacial score (nSPS) is 15.0. The summed E-state index contributed by atoms with van der Waals surface area (Å²) in [5.41, 5.74) is 6.70. The highest BCUT2D eigenvalue weighted by Gasteiger charge is 2.35. The highest BCUT2D eigenvalue weighted by Crippen LogP contribution is 2.25. The van der Waals surface area contributed by atoms with Crippen LogP contribution in [0.15, 0.2) is 16.9 Å². The molecule has 0 atom stereocenters. The van der Waals surface area contributed by atoms with Crippen LogP contribution in [0.3, 0.4) is 0 Å². The van der Waals surface area contributed by atoms with Gasteiger partial charge in [-0.3, -0.25) is 9.59 Å². The van der Waals surface area contributed by atoms with Crippen molar-refractivity contribution in [2.45, 2.75) is 19.9 Å². The van der Waals surface area contributed by atoms with Crippen LogP contribution in [0, 0.1) is 13.8 Å². The first-order valence-corrected chi connectivity index (χ1v) is 6.53. The van der Waals surface area contributed by atoms with Crippen LogP contribution in [0.5, 0.6) is 0 Å². The molecule has 1 saturated heterocycles. The molecule has 0 aromatic carbocycles. The fourth-order valence-electron chi connectivity index (χ4n) is 2.41. The molecule has 2 amide bonds. The highest BCUT2D eigenvalue weighted by atomic mass is 16.3. The van der Waals surface area contributed by atoms with Crippen LogP contribution in [0.1, 0.15) is 38.2 Å². The summed E-state index contributed by atoms with van der Waals surface area (Å²) < 4.78 is 6.82. The van der Waals surface area contributed by atoms with E-state index in [1.54, 1.807) is 22.8 Å². The van der Waals surface area contributed by atoms with Gasteiger partial charge in [0, 0.05) is 18.7 Å². The summed E-state index contributed by atoms with van der Waals surface area (Å²) in [6, 6.07) is 0.0158. The maximum Gasteiger partial charge on any atom is 0.270 e. The van der Waals surface area contributed by atoms with E-state index in [-0.39, 0.29) is 17.6 Å². The molecule has 0 radical (unpaired) electrons. The van der Waals surface area contributed by atoms with Crippen LogP contribution in [0.4, 0.5) is 0 Å². The fourth-order valence-corrected chi connectivity index (χ4v) is 2.41. The number of hydrogen-bond acceptors (Lipinski definition) is 5. The molecule has 2 aromatic heterocycles. The summed E-state index contributed by atoms with van der Waals surface area (Å²) in [7, 11) is 0. The van der Waals surface area contributed by atoms with Gasteiger partial charge >= 0.3 is 0 Å². The quantitative estimate of drug-likeness (QED) is 0.873. The van der Waals surface area contributed by atoms with Gasteiger partial charge in [0.2, 0.25) is 0 Å². The smallest absolute Gasteiger partial charge is 0.270 e. The van der Waals surface area contributed by atoms with Crippen LogP contribution >= 0.6 is 0 Å². The number of carbonyl (C=O) groups is 2. The Hall–Kier alpha value is -2.64. The van der Waals surface area contributed by atoms with E-state index in [9.17, 15) is 9.59 Å². The number of likely N-dealkylation sites (tertiary alicyclic amines) is 1. The van der Waals surface area contributed by atoms with Gasteiger partial charge in [0.1, 0.15) is 5.76 Å². The molecule has 1 aliphatic rings. The van der Waals surface area contributed by atoms with Gasteiger partial charge in [0.25, 0.3) is 11.8 Å². The predicted octanol–water partition coefficient (Wildman–Crippen LogP) is 0.284. The van der Waals surface area contributed by atoms with Gasteiger partial charge in [-0.2, -0.15) is 0 Å². The largest absolute Gasteiger partial charge is 0.469 e. The van der Waals surface area contributed by atoms with Crippen LogP contribution in [-0.2, 0) is 0 Å². The SMILES string of the molecule is Cc1coc(C)c1C(=O)N1CC(n2cc(C(N)=O)nn2)C1. The van der Waals surface area contributed by atoms with E-state index >= 15 is 0 Å². The van der Waals surface area contributed by atoms with Gasteiger partial charge in [-0.15, -0.1) is 5.10 Å². The number of aromatic nitrogens is 3. The average molecular weight is 289 g/mol. The zero-order chi connectivity index (χ0) is 15.1. The molecule has 0 spiro atoms. The zero-order valence-electron chi connectivity index (χ0n) is 11.7. The number of nitrogens with two attached hydrogens (primary N) is 1. The number of nitrogens with zero attached hydrogens (tertiary/aromatic N) is 4. The lowest BCUT2D eigenvalue weighted by atomic mass is 10.1. The zero-order valence-corrected chi connectivity index (χ0v) is 11.7. The number of primary amides is 1. The van der Waals surface area contributed by atoms with E-state index < -0.39 is 5.91 Å². The van der Waals surface area contributed by atoms with Gasteiger partial charge in [-0.25, -0.2) is 4.68 Å². The van der Waals surface area contributed by atoms with Crippen molar-refractivity contribution in [2.75, 3.05) is 13.1 Å². The van der Waals surface area contributed by atoms with Crippen molar-refractivity contribution in [1.82, 2.24) is 19.9 Å². The standard InChI is InChI=1S/C13H15N5O3/c1-7-6-21-8(2)11(7)13(20)17-3-9(4-17)18-5-10(12(14)19)15-16-18/h5-6,9H,3-4H2,1-2H3,(H2,14,19). The number of furan rings is 1. The molecule has 1 aliphatic heterocycles. The molecular formula is C13H15N5O3. The van der Waals surface area contributed by atoms with Crippen LogP contribution < -0.4 is 5.73 Å². The minimum Gasteiger partial charge on any atom is -0.469 e. The molecule has 0 bridgehead atoms. The Morgan fingerprint density at radius 1 is 1.38 bits per heavy atom. The minimum absolute atomic E-state index is 0.0158. The summed E-state index contributed by atoms with van der Waals surface area (Å²) in [5, 5.41) is 7.55. The summed E-state index contributed by atoms with van der Waals surface area (Å²) in [5.74, 6) is -0.0406. The monoisotopic (exact) mass is 289 g/mol. The lowest BCUT2D eigenvalue weighted by Gasteiger charge is -2.38. The maximum atomic E-state index is 12.4. The Labute approximate surface area is 120 Å². The van der Waals surface area contributed by atoms with Gasteiger partial charge in [0.15, 0.2) is 5.69 Å². The number of carbonyl (C=O) groups excluding carboxylic acids is 2. The molecule has 110 valence electrons. The van der Waals surface area contributed by atoms with Gasteiger partial charge in [-0.05, 0) is 13.8 Å². The lowest BCUT2D eigenvalue weighted by Crippen LogP contribution is -2.51. The molecule has 0 unspecified atom stereocenters. The first kappa shape index (κ1) is 13.3. The second kappa shape index (κ2) is 4.72. The molecule has 2 N–H and O–H groups in total. The van der Waals surface area contributed by atoms with Crippen molar-refractivity contribution in [3.63, 3.8) is 0 Å². The third kappa shape index (κ3) is 2.18. The van der Waals surface area contributed by atoms with E-state index in [0.717, 1.165) is 5.56 Å². The van der Waals surface area contributed by atoms with E-state index in [1.807, 2.05) is 6.92 Å². The molecule has 2 aromatic rings. The predicted molar refractivity (Wildman–Crippen MR) is 71.7 cm³/mol. The molecule has 21 heavy (non-hydrogen) atoms. The van der Waals surface area contributed by atoms with Crippen molar-refractivity contribution >= 4 is 11.8 Å². The van der Waals surface area contributed by atoms with E-state index in [0.29, 0.717) is 24.4 Å². The van der Waals surface area contributed by atoms with Crippen molar-refractivity contribution in [3.05, 3.63) is 35.0 Å². The Balaban J connectivity index is 1.68. The third-order valence-corrected chi connectivity index (χ3v) is 3.66. The average Bonchev–Trinajstić information content (AvgIpc) is 2.95. The van der Waals surface area contributed by atoms with Crippen molar-refractivity contribution in [2.24, 2.45) is 5.73 Å². The Morgan fingerprint density at radius 2 is 2.10 bits per heavy atom. The van der Waals surface area contributed by atoms with E-state index in [1.165, 1.54) is 6.20 Å². The fraction of sp³-hybridized carbons (Fsp3) is 0.385. The van der Waals surface area contributed by atoms with Crippen molar-refractivity contribution < 1.29 is 14.0 Å². The van der Waals surface area contributed by atoms with Crippen LogP contribution in [-0.4, -0.2) is 44.8 Å². The number of amides is 2. The molecule has 0 aliphatic carbocycles. The topological polar surface area (TPSA) is 107 Å². The molecule has 8 heteroatoms. The summed E-state index contributed by atoms with van der Waals surface area (Å²) in [6.07, 6.45) is 3.08. The summed E-state index contributed by atoms with van der Waals surface area (Å²) in [6.45, 7) is 4.65. The first-order chi connectivity index (χ1) is 9.97. The van der Waals surface area contributed by atoms with Crippen LogP contribution in [0.25, 0.3) is 0 Å². The number of hydrogen-bond donors (Lipinski definition) is 1. The van der Waals surface area contributed by atoms with Gasteiger partial charge < -0.3 is 15.1 Å². The molecule has 0 saturated carbocycles. The molecule has 8 nitrogen and oxygen atoms in total. The molecular weight excluding hydrogens is 274 g/mol. The number of rotatable bonds is 3. The second-order valence-corrected chi connectivity index (χ2v) is 5.16. The molecule has 3 heterocycles. The number of aryl methyl sites for hydroxylation is 2. The Bertz CT molecular complexity index is 692. The Kier molecular flexibility index (Phi) is 3.00. The van der Waals surface area contributed by atoms with Crippen molar-refractivity contribution in [1.29, 1.82) is 0 Å². The Morgan fingerprint density at radius 3 is 2.62 bits per heavy atom. The van der Waals surface area contributed by atoms with Gasteiger partial charge in [0.05, 0.1) is 24.1 Å². The minimum atomic E-state index is -0.613. The molecule has 1 fully saturated rings. The first-order valence-electron chi connectivity index (χ1n) is 6.53. The summed E-state index contributed by atoms with van der Waals surface area (Å²) >= 11 is 0. The second-order valence-electron chi connectivity index (χ2n) is 5.16. The van der Waals surface area contributed by atoms with Crippen molar-refractivity contribution in [3.8, 4) is 0 Å². The lowest BCUT2D eigenvalue weighted by molar-refractivity contribution is 0.0495. The molecule has 3 rings (SSSR count). The maximum absolute atomic E-state index is 12.4. The van der Waals surface area contributed by atoms with Gasteiger partial charge in [-0.1, -0.05) is 5.21 Å². The van der Waals surface area contributed by atoms with E-state index in [2.05, 4.69) is 10.3 Å². The third-order valence-electron chi connectivity index (χ3n) is 3.66. The van der Waals surface area contributed by atoms with E-state index in [4.69, 9.17) is 10.2 Å². The van der Waals surface area contributed by atoms with Crippen LogP contribution in [0.2, 0.25) is 0 Å². The summed E-state index contributed by atoms with van der Waals surface area (Å²) in [4.78, 5) is 25.1.